The third kappa shape index (κ3) is 3.59. The molecule has 1 aromatic heterocycles. The first-order valence-electron chi connectivity index (χ1n) is 9.72. The number of fused-ring (bicyclic) bond motifs is 2. The maximum Gasteiger partial charge on any atom is 0.260 e. The number of H-pyrrole nitrogens is 1. The van der Waals surface area contributed by atoms with Gasteiger partial charge in [0.1, 0.15) is 5.75 Å². The lowest BCUT2D eigenvalue weighted by molar-refractivity contribution is 0.102. The SMILES string of the molecule is CCOc1ccc2ccccc2c1C(=O)Nc1ccc2c(CC)cc(=O)[nH]c2c1. The van der Waals surface area contributed by atoms with E-state index in [1.54, 1.807) is 12.1 Å². The number of aromatic amines is 1. The summed E-state index contributed by atoms with van der Waals surface area (Å²) in [5.41, 5.74) is 2.65. The van der Waals surface area contributed by atoms with Crippen molar-refractivity contribution in [1.29, 1.82) is 0 Å². The molecule has 3 aromatic carbocycles. The van der Waals surface area contributed by atoms with Crippen LogP contribution in [-0.4, -0.2) is 17.5 Å². The second-order valence-corrected chi connectivity index (χ2v) is 6.82. The van der Waals surface area contributed by atoms with E-state index >= 15 is 0 Å². The molecular weight excluding hydrogens is 364 g/mol. The largest absolute Gasteiger partial charge is 0.493 e. The number of aromatic nitrogens is 1. The predicted molar refractivity (Wildman–Crippen MR) is 117 cm³/mol. The van der Waals surface area contributed by atoms with Gasteiger partial charge in [-0.15, -0.1) is 0 Å². The third-order valence-electron chi connectivity index (χ3n) is 4.99. The van der Waals surface area contributed by atoms with E-state index in [0.717, 1.165) is 28.1 Å². The molecule has 0 aliphatic carbocycles. The Labute approximate surface area is 168 Å². The van der Waals surface area contributed by atoms with Crippen molar-refractivity contribution in [2.45, 2.75) is 20.3 Å². The lowest BCUT2D eigenvalue weighted by Gasteiger charge is -2.14. The van der Waals surface area contributed by atoms with Crippen molar-refractivity contribution in [3.05, 3.63) is 82.1 Å². The van der Waals surface area contributed by atoms with Crippen molar-refractivity contribution in [2.75, 3.05) is 11.9 Å². The Morgan fingerprint density at radius 3 is 2.62 bits per heavy atom. The number of hydrogen-bond donors (Lipinski definition) is 2. The Kier molecular flexibility index (Phi) is 5.04. The fourth-order valence-electron chi connectivity index (χ4n) is 3.66. The van der Waals surface area contributed by atoms with Crippen LogP contribution >= 0.6 is 0 Å². The maximum atomic E-state index is 13.2. The van der Waals surface area contributed by atoms with Crippen LogP contribution in [0.3, 0.4) is 0 Å². The zero-order valence-electron chi connectivity index (χ0n) is 16.4. The van der Waals surface area contributed by atoms with Crippen LogP contribution in [0.2, 0.25) is 0 Å². The summed E-state index contributed by atoms with van der Waals surface area (Å²) < 4.78 is 5.71. The number of hydrogen-bond acceptors (Lipinski definition) is 3. The van der Waals surface area contributed by atoms with Crippen LogP contribution in [-0.2, 0) is 6.42 Å². The van der Waals surface area contributed by atoms with Crippen molar-refractivity contribution in [2.24, 2.45) is 0 Å². The lowest BCUT2D eigenvalue weighted by atomic mass is 10.0. The van der Waals surface area contributed by atoms with Gasteiger partial charge in [-0.3, -0.25) is 9.59 Å². The van der Waals surface area contributed by atoms with E-state index in [0.29, 0.717) is 29.1 Å². The van der Waals surface area contributed by atoms with Gasteiger partial charge in [0.05, 0.1) is 17.7 Å². The molecule has 0 atom stereocenters. The van der Waals surface area contributed by atoms with E-state index in [4.69, 9.17) is 4.74 Å². The summed E-state index contributed by atoms with van der Waals surface area (Å²) in [7, 11) is 0. The molecule has 0 saturated carbocycles. The number of pyridine rings is 1. The van der Waals surface area contributed by atoms with Gasteiger partial charge in [-0.05, 0) is 47.9 Å². The van der Waals surface area contributed by atoms with Gasteiger partial charge in [-0.2, -0.15) is 0 Å². The highest BCUT2D eigenvalue weighted by molar-refractivity contribution is 6.15. The lowest BCUT2D eigenvalue weighted by Crippen LogP contribution is -2.15. The van der Waals surface area contributed by atoms with Crippen LogP contribution in [0, 0.1) is 0 Å². The van der Waals surface area contributed by atoms with E-state index in [9.17, 15) is 9.59 Å². The van der Waals surface area contributed by atoms with Crippen LogP contribution in [0.5, 0.6) is 5.75 Å². The molecule has 29 heavy (non-hydrogen) atoms. The van der Waals surface area contributed by atoms with Crippen molar-refractivity contribution in [1.82, 2.24) is 4.98 Å². The number of ether oxygens (including phenoxy) is 1. The Morgan fingerprint density at radius 1 is 1.00 bits per heavy atom. The number of anilines is 1. The smallest absolute Gasteiger partial charge is 0.260 e. The van der Waals surface area contributed by atoms with Gasteiger partial charge < -0.3 is 15.0 Å². The average molecular weight is 386 g/mol. The van der Waals surface area contributed by atoms with Gasteiger partial charge in [0.2, 0.25) is 5.56 Å². The highest BCUT2D eigenvalue weighted by atomic mass is 16.5. The minimum Gasteiger partial charge on any atom is -0.493 e. The van der Waals surface area contributed by atoms with Crippen LogP contribution in [0.15, 0.2) is 65.5 Å². The fraction of sp³-hybridized carbons (Fsp3) is 0.167. The number of aryl methyl sites for hydroxylation is 1. The van der Waals surface area contributed by atoms with E-state index in [1.807, 2.05) is 62.4 Å². The van der Waals surface area contributed by atoms with Gasteiger partial charge in [0.25, 0.3) is 5.91 Å². The van der Waals surface area contributed by atoms with Crippen LogP contribution < -0.4 is 15.6 Å². The van der Waals surface area contributed by atoms with E-state index in [2.05, 4.69) is 10.3 Å². The average Bonchev–Trinajstić information content (AvgIpc) is 2.72. The van der Waals surface area contributed by atoms with E-state index in [1.165, 1.54) is 0 Å². The number of carbonyl (C=O) groups is 1. The highest BCUT2D eigenvalue weighted by Gasteiger charge is 2.17. The predicted octanol–water partition coefficient (Wildman–Crippen LogP) is 4.89. The van der Waals surface area contributed by atoms with Gasteiger partial charge in [0, 0.05) is 17.1 Å². The summed E-state index contributed by atoms with van der Waals surface area (Å²) in [5, 5.41) is 5.74. The number of benzene rings is 3. The molecule has 0 radical (unpaired) electrons. The zero-order valence-corrected chi connectivity index (χ0v) is 16.4. The normalized spacial score (nSPS) is 11.0. The second kappa shape index (κ2) is 7.80. The van der Waals surface area contributed by atoms with Gasteiger partial charge in [-0.25, -0.2) is 0 Å². The molecule has 146 valence electrons. The maximum absolute atomic E-state index is 13.2. The van der Waals surface area contributed by atoms with Gasteiger partial charge in [-0.1, -0.05) is 43.3 Å². The summed E-state index contributed by atoms with van der Waals surface area (Å²) in [6, 6.07) is 18.7. The third-order valence-corrected chi connectivity index (χ3v) is 4.99. The first kappa shape index (κ1) is 18.7. The molecule has 5 nitrogen and oxygen atoms in total. The molecule has 2 N–H and O–H groups in total. The van der Waals surface area contributed by atoms with Crippen LogP contribution in [0.1, 0.15) is 29.8 Å². The van der Waals surface area contributed by atoms with Crippen molar-refractivity contribution in [3.63, 3.8) is 0 Å². The second-order valence-electron chi connectivity index (χ2n) is 6.82. The van der Waals surface area contributed by atoms with E-state index in [-0.39, 0.29) is 11.5 Å². The standard InChI is InChI=1S/C24H22N2O3/c1-3-15-13-22(27)26-20-14-17(10-11-18(15)20)25-24(28)23-19-8-6-5-7-16(19)9-12-21(23)29-4-2/h5-14H,3-4H2,1-2H3,(H,25,28)(H,26,27). The summed E-state index contributed by atoms with van der Waals surface area (Å²) in [4.78, 5) is 28.0. The molecule has 4 aromatic rings. The monoisotopic (exact) mass is 386 g/mol. The molecule has 1 amide bonds. The van der Waals surface area contributed by atoms with Crippen molar-refractivity contribution < 1.29 is 9.53 Å². The molecule has 0 saturated heterocycles. The first-order valence-corrected chi connectivity index (χ1v) is 9.72. The van der Waals surface area contributed by atoms with Gasteiger partial charge in [0.15, 0.2) is 0 Å². The molecule has 0 fully saturated rings. The number of amides is 1. The molecule has 0 unspecified atom stereocenters. The van der Waals surface area contributed by atoms with Crippen LogP contribution in [0.4, 0.5) is 5.69 Å². The Morgan fingerprint density at radius 2 is 1.83 bits per heavy atom. The number of rotatable bonds is 5. The Hall–Kier alpha value is -3.60. The summed E-state index contributed by atoms with van der Waals surface area (Å²) >= 11 is 0. The molecule has 1 heterocycles. The molecule has 0 spiro atoms. The van der Waals surface area contributed by atoms with Gasteiger partial charge >= 0.3 is 0 Å². The Balaban J connectivity index is 1.76. The zero-order chi connectivity index (χ0) is 20.4. The molecular formula is C24H22N2O3. The highest BCUT2D eigenvalue weighted by Crippen LogP contribution is 2.29. The van der Waals surface area contributed by atoms with Crippen molar-refractivity contribution >= 4 is 33.3 Å². The summed E-state index contributed by atoms with van der Waals surface area (Å²) in [6.45, 7) is 4.37. The molecule has 0 aliphatic rings. The summed E-state index contributed by atoms with van der Waals surface area (Å²) in [6.07, 6.45) is 0.764. The number of carbonyl (C=O) groups excluding carboxylic acids is 1. The molecule has 0 bridgehead atoms. The quantitative estimate of drug-likeness (QED) is 0.513. The van der Waals surface area contributed by atoms with Crippen LogP contribution in [0.25, 0.3) is 21.7 Å². The molecule has 5 heteroatoms. The number of nitrogens with one attached hydrogen (secondary N) is 2. The summed E-state index contributed by atoms with van der Waals surface area (Å²) in [5.74, 6) is 0.296. The molecule has 4 rings (SSSR count). The van der Waals surface area contributed by atoms with E-state index < -0.39 is 0 Å². The van der Waals surface area contributed by atoms with Crippen molar-refractivity contribution in [3.8, 4) is 5.75 Å². The fourth-order valence-corrected chi connectivity index (χ4v) is 3.66. The minimum absolute atomic E-state index is 0.148. The first-order chi connectivity index (χ1) is 14.1. The minimum atomic E-state index is -0.251. The Bertz CT molecular complexity index is 1270. The topological polar surface area (TPSA) is 71.2 Å². The molecule has 0 aliphatic heterocycles.